The van der Waals surface area contributed by atoms with E-state index in [0.29, 0.717) is 11.5 Å². The summed E-state index contributed by atoms with van der Waals surface area (Å²) < 4.78 is 47.1. The van der Waals surface area contributed by atoms with Crippen molar-refractivity contribution < 1.29 is 27.5 Å². The first-order valence-electron chi connectivity index (χ1n) is 12.5. The fourth-order valence-electron chi connectivity index (χ4n) is 4.61. The quantitative estimate of drug-likeness (QED) is 0.294. The molecule has 1 fully saturated rings. The molecule has 0 radical (unpaired) electrons. The Balaban J connectivity index is 1.39. The molecule has 0 saturated carbocycles. The number of hydrogen-bond donors (Lipinski definition) is 3. The molecule has 41 heavy (non-hydrogen) atoms. The van der Waals surface area contributed by atoms with Crippen molar-refractivity contribution in [3.05, 3.63) is 53.2 Å². The van der Waals surface area contributed by atoms with Crippen LogP contribution in [0.5, 0.6) is 0 Å². The minimum Gasteiger partial charge on any atom is -0.444 e. The van der Waals surface area contributed by atoms with Crippen LogP contribution < -0.4 is 11.1 Å². The first-order chi connectivity index (χ1) is 19.2. The first-order valence-corrected chi connectivity index (χ1v) is 12.9. The molecule has 1 unspecified atom stereocenters. The Hall–Kier alpha value is -4.33. The number of H-pyrrole nitrogens is 1. The van der Waals surface area contributed by atoms with E-state index in [9.17, 15) is 22.8 Å². The van der Waals surface area contributed by atoms with E-state index in [2.05, 4.69) is 25.8 Å². The molecule has 1 saturated heterocycles. The van der Waals surface area contributed by atoms with Crippen LogP contribution in [-0.2, 0) is 15.7 Å². The van der Waals surface area contributed by atoms with Crippen molar-refractivity contribution in [2.75, 3.05) is 17.6 Å². The topological polar surface area (TPSA) is 144 Å². The summed E-state index contributed by atoms with van der Waals surface area (Å²) in [7, 11) is 0. The molecule has 0 bridgehead atoms. The fourth-order valence-corrected chi connectivity index (χ4v) is 4.83. The Bertz CT molecular complexity index is 1630. The van der Waals surface area contributed by atoms with Crippen LogP contribution >= 0.6 is 11.6 Å². The number of carbonyl (C=O) groups excluding carboxylic acids is 2. The van der Waals surface area contributed by atoms with Crippen molar-refractivity contribution in [2.24, 2.45) is 0 Å². The summed E-state index contributed by atoms with van der Waals surface area (Å²) in [5, 5.41) is 18.1. The van der Waals surface area contributed by atoms with E-state index in [1.54, 1.807) is 31.6 Å². The zero-order valence-corrected chi connectivity index (χ0v) is 22.9. The minimum absolute atomic E-state index is 0.0559. The summed E-state index contributed by atoms with van der Waals surface area (Å²) in [6.45, 7) is 5.12. The smallest absolute Gasteiger partial charge is 0.417 e. The highest BCUT2D eigenvalue weighted by Gasteiger charge is 2.43. The summed E-state index contributed by atoms with van der Waals surface area (Å²) in [6, 6.07) is 6.98. The largest absolute Gasteiger partial charge is 0.444 e. The van der Waals surface area contributed by atoms with Gasteiger partial charge in [0, 0.05) is 29.6 Å². The van der Waals surface area contributed by atoms with Gasteiger partial charge in [-0.15, -0.1) is 5.10 Å². The first kappa shape index (κ1) is 28.2. The third-order valence-electron chi connectivity index (χ3n) is 6.52. The highest BCUT2D eigenvalue weighted by molar-refractivity contribution is 6.31. The Morgan fingerprint density at radius 1 is 1.17 bits per heavy atom. The molecule has 11 nitrogen and oxygen atoms in total. The molecule has 15 heteroatoms. The average Bonchev–Trinajstić information content (AvgIpc) is 3.62. The van der Waals surface area contributed by atoms with Gasteiger partial charge in [-0.3, -0.25) is 14.8 Å². The lowest BCUT2D eigenvalue weighted by Crippen LogP contribution is -2.45. The fraction of sp³-hybridized carbons (Fsp3) is 0.346. The molecule has 2 aromatic heterocycles. The van der Waals surface area contributed by atoms with Crippen molar-refractivity contribution in [1.82, 2.24) is 30.1 Å². The van der Waals surface area contributed by atoms with Crippen molar-refractivity contribution in [1.29, 1.82) is 0 Å². The van der Waals surface area contributed by atoms with Gasteiger partial charge >= 0.3 is 12.3 Å². The minimum atomic E-state index is -4.71. The number of anilines is 2. The summed E-state index contributed by atoms with van der Waals surface area (Å²) >= 11 is 5.71. The van der Waals surface area contributed by atoms with E-state index in [1.165, 1.54) is 11.0 Å². The van der Waals surface area contributed by atoms with Crippen LogP contribution in [0, 0.1) is 0 Å². The maximum absolute atomic E-state index is 13.3. The molecule has 1 aliphatic rings. The molecule has 0 spiro atoms. The number of nitrogen functional groups attached to an aromatic ring is 1. The number of ether oxygens (including phenoxy) is 1. The van der Waals surface area contributed by atoms with Gasteiger partial charge < -0.3 is 15.8 Å². The van der Waals surface area contributed by atoms with E-state index in [4.69, 9.17) is 22.1 Å². The van der Waals surface area contributed by atoms with Gasteiger partial charge in [0.25, 0.3) is 0 Å². The number of fused-ring (bicyclic) bond motifs is 1. The number of alkyl halides is 3. The van der Waals surface area contributed by atoms with Crippen molar-refractivity contribution in [2.45, 2.75) is 51.1 Å². The van der Waals surface area contributed by atoms with Gasteiger partial charge in [-0.25, -0.2) is 9.48 Å². The molecule has 0 aliphatic carbocycles. The average molecular weight is 591 g/mol. The molecule has 5 rings (SSSR count). The number of nitrogens with one attached hydrogen (secondary N) is 2. The monoisotopic (exact) mass is 590 g/mol. The van der Waals surface area contributed by atoms with E-state index < -0.39 is 46.4 Å². The standard InChI is InChI=1S/C26H26ClF3N8O3/c1-25(2,3)41-24(40)37-11-15(10-21(37)23(39)32-14-5-7-18(27)17(9-14)26(28,29)30)38-12-20(34-36-38)13-4-6-16-19(8-13)33-35-22(16)31/h4-9,12,15,21H,10-11H2,1-3H3,(H,32,39)(H3,31,33,35)/t15?,21-/m0/s1. The van der Waals surface area contributed by atoms with Crippen LogP contribution in [0.4, 0.5) is 29.5 Å². The van der Waals surface area contributed by atoms with E-state index in [0.717, 1.165) is 28.6 Å². The van der Waals surface area contributed by atoms with Gasteiger partial charge in [-0.2, -0.15) is 18.3 Å². The van der Waals surface area contributed by atoms with Crippen molar-refractivity contribution in [3.8, 4) is 11.3 Å². The Labute approximate surface area is 236 Å². The van der Waals surface area contributed by atoms with Crippen LogP contribution in [0.1, 0.15) is 38.8 Å². The lowest BCUT2D eigenvalue weighted by molar-refractivity contribution is -0.137. The second-order valence-electron chi connectivity index (χ2n) is 10.7. The molecule has 1 aliphatic heterocycles. The second kappa shape index (κ2) is 10.3. The number of aromatic nitrogens is 5. The number of amides is 2. The molecule has 4 aromatic rings. The number of nitrogens with zero attached hydrogens (tertiary/aromatic N) is 5. The van der Waals surface area contributed by atoms with Gasteiger partial charge in [0.2, 0.25) is 5.91 Å². The summed E-state index contributed by atoms with van der Waals surface area (Å²) in [5.41, 5.74) is 5.80. The van der Waals surface area contributed by atoms with E-state index >= 15 is 0 Å². The van der Waals surface area contributed by atoms with Crippen LogP contribution in [0.25, 0.3) is 22.2 Å². The lowest BCUT2D eigenvalue weighted by atomic mass is 10.1. The van der Waals surface area contributed by atoms with Gasteiger partial charge in [0.1, 0.15) is 17.3 Å². The van der Waals surface area contributed by atoms with Crippen LogP contribution in [0.2, 0.25) is 5.02 Å². The van der Waals surface area contributed by atoms with Crippen LogP contribution in [0.15, 0.2) is 42.6 Å². The maximum Gasteiger partial charge on any atom is 0.417 e. The number of aromatic amines is 1. The van der Waals surface area contributed by atoms with Crippen molar-refractivity contribution in [3.63, 3.8) is 0 Å². The molecule has 3 heterocycles. The predicted molar refractivity (Wildman–Crippen MR) is 145 cm³/mol. The molecular weight excluding hydrogens is 565 g/mol. The van der Waals surface area contributed by atoms with Crippen LogP contribution in [0.3, 0.4) is 0 Å². The van der Waals surface area contributed by atoms with Gasteiger partial charge in [0.05, 0.1) is 28.3 Å². The number of halogens is 4. The second-order valence-corrected chi connectivity index (χ2v) is 11.1. The summed E-state index contributed by atoms with van der Waals surface area (Å²) in [6.07, 6.45) is -3.65. The highest BCUT2D eigenvalue weighted by atomic mass is 35.5. The summed E-state index contributed by atoms with van der Waals surface area (Å²) in [5.74, 6) is -0.308. The number of benzene rings is 2. The molecule has 2 aromatic carbocycles. The zero-order valence-electron chi connectivity index (χ0n) is 22.2. The van der Waals surface area contributed by atoms with Gasteiger partial charge in [-0.05, 0) is 51.1 Å². The van der Waals surface area contributed by atoms with Gasteiger partial charge in [-0.1, -0.05) is 22.9 Å². The third-order valence-corrected chi connectivity index (χ3v) is 6.85. The lowest BCUT2D eigenvalue weighted by Gasteiger charge is -2.28. The molecule has 2 amide bonds. The molecular formula is C26H26ClF3N8O3. The number of likely N-dealkylation sites (tertiary alicyclic amines) is 1. The van der Waals surface area contributed by atoms with Crippen molar-refractivity contribution >= 4 is 46.0 Å². The highest BCUT2D eigenvalue weighted by Crippen LogP contribution is 2.37. The Morgan fingerprint density at radius 3 is 2.63 bits per heavy atom. The summed E-state index contributed by atoms with van der Waals surface area (Å²) in [4.78, 5) is 27.7. The van der Waals surface area contributed by atoms with Crippen LogP contribution in [-0.4, -0.2) is 60.3 Å². The number of hydrogen-bond acceptors (Lipinski definition) is 7. The van der Waals surface area contributed by atoms with E-state index in [-0.39, 0.29) is 18.7 Å². The Morgan fingerprint density at radius 2 is 1.93 bits per heavy atom. The van der Waals surface area contributed by atoms with E-state index in [1.807, 2.05) is 18.2 Å². The zero-order chi connectivity index (χ0) is 29.7. The maximum atomic E-state index is 13.3. The predicted octanol–water partition coefficient (Wildman–Crippen LogP) is 5.27. The third kappa shape index (κ3) is 5.92. The molecule has 2 atom stereocenters. The molecule has 4 N–H and O–H groups in total. The molecule has 216 valence electrons. The number of carbonyl (C=O) groups is 2. The number of rotatable bonds is 4. The van der Waals surface area contributed by atoms with Gasteiger partial charge in [0.15, 0.2) is 5.82 Å². The number of nitrogens with two attached hydrogens (primary N) is 1. The Kier molecular flexibility index (Phi) is 7.05. The normalized spacial score (nSPS) is 17.7. The SMILES string of the molecule is CC(C)(C)OC(=O)N1CC(n2cc(-c3ccc4c(N)n[nH]c4c3)nn2)C[C@H]1C(=O)Nc1ccc(Cl)c(C(F)(F)F)c1.